The summed E-state index contributed by atoms with van der Waals surface area (Å²) in [5.74, 6) is -0.145. The van der Waals surface area contributed by atoms with Gasteiger partial charge in [0.2, 0.25) is 0 Å². The van der Waals surface area contributed by atoms with E-state index >= 15 is 0 Å². The second-order valence-corrected chi connectivity index (χ2v) is 8.29. The van der Waals surface area contributed by atoms with Crippen LogP contribution in [0.25, 0.3) is 10.9 Å². The first kappa shape index (κ1) is 23.9. The lowest BCUT2D eigenvalue weighted by Crippen LogP contribution is -2.50. The Morgan fingerprint density at radius 1 is 1.14 bits per heavy atom. The molecule has 0 aliphatic carbocycles. The predicted octanol–water partition coefficient (Wildman–Crippen LogP) is 1.25. The van der Waals surface area contributed by atoms with Crippen molar-refractivity contribution in [1.82, 2.24) is 30.6 Å². The molecule has 182 valence electrons. The summed E-state index contributed by atoms with van der Waals surface area (Å²) in [5.41, 5.74) is 1.90. The summed E-state index contributed by atoms with van der Waals surface area (Å²) in [6.07, 6.45) is 0. The van der Waals surface area contributed by atoms with E-state index in [1.807, 2.05) is 6.92 Å². The molecule has 1 aliphatic rings. The monoisotopic (exact) mass is 478 g/mol. The van der Waals surface area contributed by atoms with Crippen molar-refractivity contribution in [2.24, 2.45) is 0 Å². The summed E-state index contributed by atoms with van der Waals surface area (Å²) < 4.78 is 5.14. The van der Waals surface area contributed by atoms with Crippen molar-refractivity contribution < 1.29 is 19.1 Å². The topological polar surface area (TPSA) is 137 Å². The van der Waals surface area contributed by atoms with Crippen LogP contribution in [-0.4, -0.2) is 57.9 Å². The number of urea groups is 1. The summed E-state index contributed by atoms with van der Waals surface area (Å²) >= 11 is 0. The molecule has 3 N–H and O–H groups in total. The maximum absolute atomic E-state index is 13.1. The van der Waals surface area contributed by atoms with Crippen molar-refractivity contribution in [3.8, 4) is 5.75 Å². The van der Waals surface area contributed by atoms with E-state index in [0.717, 1.165) is 0 Å². The number of imide groups is 1. The van der Waals surface area contributed by atoms with Gasteiger partial charge in [-0.2, -0.15) is 5.01 Å². The molecule has 2 aromatic carbocycles. The minimum atomic E-state index is -1.34. The largest absolute Gasteiger partial charge is 0.497 e. The van der Waals surface area contributed by atoms with Gasteiger partial charge in [-0.05, 0) is 43.3 Å². The van der Waals surface area contributed by atoms with Crippen molar-refractivity contribution in [3.05, 3.63) is 70.3 Å². The maximum atomic E-state index is 13.1. The number of H-pyrrole nitrogens is 1. The van der Waals surface area contributed by atoms with Gasteiger partial charge in [-0.15, -0.1) is 0 Å². The third-order valence-electron chi connectivity index (χ3n) is 5.94. The van der Waals surface area contributed by atoms with E-state index in [2.05, 4.69) is 20.7 Å². The molecular weight excluding hydrogens is 452 g/mol. The van der Waals surface area contributed by atoms with Crippen LogP contribution in [0.4, 0.5) is 4.79 Å². The fourth-order valence-corrected chi connectivity index (χ4v) is 3.92. The fourth-order valence-electron chi connectivity index (χ4n) is 3.92. The number of benzene rings is 2. The summed E-state index contributed by atoms with van der Waals surface area (Å²) in [4.78, 5) is 59.6. The lowest BCUT2D eigenvalue weighted by Gasteiger charge is -2.23. The molecule has 1 atom stereocenters. The number of amides is 4. The minimum Gasteiger partial charge on any atom is -0.497 e. The normalized spacial score (nSPS) is 17.7. The van der Waals surface area contributed by atoms with Crippen LogP contribution in [0.3, 0.4) is 0 Å². The first-order valence-electron chi connectivity index (χ1n) is 11.1. The molecule has 4 amide bonds. The van der Waals surface area contributed by atoms with Crippen molar-refractivity contribution in [2.75, 3.05) is 20.2 Å². The highest BCUT2D eigenvalue weighted by molar-refractivity contribution is 6.08. The third-order valence-corrected chi connectivity index (χ3v) is 5.94. The number of hydrogen-bond acceptors (Lipinski definition) is 7. The molecule has 0 spiro atoms. The molecule has 3 aromatic rings. The number of nitrogens with zero attached hydrogens (tertiary/aromatic N) is 3. The molecule has 0 saturated carbocycles. The van der Waals surface area contributed by atoms with Gasteiger partial charge in [0.1, 0.15) is 17.1 Å². The molecule has 1 unspecified atom stereocenters. The quantitative estimate of drug-likeness (QED) is 0.415. The number of fused-ring (bicyclic) bond motifs is 1. The van der Waals surface area contributed by atoms with Crippen LogP contribution >= 0.6 is 0 Å². The molecule has 2 heterocycles. The van der Waals surface area contributed by atoms with Gasteiger partial charge >= 0.3 is 6.03 Å². The molecule has 1 saturated heterocycles. The van der Waals surface area contributed by atoms with E-state index in [0.29, 0.717) is 39.6 Å². The van der Waals surface area contributed by atoms with Crippen LogP contribution in [-0.2, 0) is 21.7 Å². The van der Waals surface area contributed by atoms with E-state index in [9.17, 15) is 19.2 Å². The molecule has 35 heavy (non-hydrogen) atoms. The molecule has 0 bridgehead atoms. The van der Waals surface area contributed by atoms with Crippen LogP contribution in [0.1, 0.15) is 25.2 Å². The van der Waals surface area contributed by atoms with Crippen LogP contribution < -0.4 is 21.0 Å². The molecule has 11 heteroatoms. The molecule has 1 fully saturated rings. The number of nitrogens with one attached hydrogen (secondary N) is 3. The Kier molecular flexibility index (Phi) is 6.52. The molecular formula is C24H26N6O5. The van der Waals surface area contributed by atoms with Gasteiger partial charge in [-0.25, -0.2) is 9.78 Å². The number of carbonyl (C=O) groups is 3. The van der Waals surface area contributed by atoms with Crippen LogP contribution in [0.2, 0.25) is 0 Å². The highest BCUT2D eigenvalue weighted by atomic mass is 16.5. The van der Waals surface area contributed by atoms with E-state index in [1.54, 1.807) is 60.4 Å². The maximum Gasteiger partial charge on any atom is 0.344 e. The van der Waals surface area contributed by atoms with Crippen molar-refractivity contribution in [2.45, 2.75) is 25.9 Å². The van der Waals surface area contributed by atoms with Crippen molar-refractivity contribution in [3.63, 3.8) is 0 Å². The zero-order valence-corrected chi connectivity index (χ0v) is 19.6. The number of rotatable bonds is 8. The van der Waals surface area contributed by atoms with Crippen molar-refractivity contribution >= 4 is 28.7 Å². The zero-order chi connectivity index (χ0) is 25.2. The average Bonchev–Trinajstić information content (AvgIpc) is 3.07. The van der Waals surface area contributed by atoms with Gasteiger partial charge in [-0.1, -0.05) is 31.2 Å². The van der Waals surface area contributed by atoms with Gasteiger partial charge < -0.3 is 15.0 Å². The smallest absolute Gasteiger partial charge is 0.344 e. The third kappa shape index (κ3) is 4.71. The average molecular weight is 479 g/mol. The number of ether oxygens (including phenoxy) is 1. The molecule has 1 aromatic heterocycles. The minimum absolute atomic E-state index is 0.122. The van der Waals surface area contributed by atoms with Gasteiger partial charge in [0, 0.05) is 0 Å². The summed E-state index contributed by atoms with van der Waals surface area (Å²) in [6, 6.07) is 13.0. The van der Waals surface area contributed by atoms with Crippen LogP contribution in [0.5, 0.6) is 5.75 Å². The Labute approximate surface area is 201 Å². The first-order chi connectivity index (χ1) is 16.7. The number of hydrogen-bond donors (Lipinski definition) is 3. The highest BCUT2D eigenvalue weighted by Gasteiger charge is 2.50. The van der Waals surface area contributed by atoms with E-state index in [1.165, 1.54) is 7.11 Å². The van der Waals surface area contributed by atoms with E-state index in [4.69, 9.17) is 4.74 Å². The second-order valence-electron chi connectivity index (χ2n) is 8.29. The lowest BCUT2D eigenvalue weighted by atomic mass is 9.92. The lowest BCUT2D eigenvalue weighted by molar-refractivity contribution is -0.139. The Morgan fingerprint density at radius 3 is 2.54 bits per heavy atom. The number of para-hydroxylation sites is 1. The number of hydrazine groups is 1. The van der Waals surface area contributed by atoms with Gasteiger partial charge in [0.15, 0.2) is 0 Å². The molecule has 4 rings (SSSR count). The standard InChI is InChI=1S/C24H26N6O5/c1-4-29(13-19-25-18-8-6-5-7-17(18)21(32)26-19)14-20(31)28-30-22(33)24(2,27-23(30)34)15-9-11-16(35-3)12-10-15/h5-12H,4,13-14H2,1-3H3,(H,27,34)(H,28,31)(H,25,26,32). The number of likely N-dealkylation sites (N-methyl/N-ethyl adjacent to an activating group) is 1. The predicted molar refractivity (Wildman–Crippen MR) is 127 cm³/mol. The second kappa shape index (κ2) is 9.55. The SMILES string of the molecule is CCN(CC(=O)NN1C(=O)NC(C)(c2ccc(OC)cc2)C1=O)Cc1nc2ccccc2c(=O)[nH]1. The van der Waals surface area contributed by atoms with Gasteiger partial charge in [-0.3, -0.25) is 24.7 Å². The summed E-state index contributed by atoms with van der Waals surface area (Å²) in [6.45, 7) is 3.97. The first-order valence-corrected chi connectivity index (χ1v) is 11.1. The van der Waals surface area contributed by atoms with Crippen molar-refractivity contribution in [1.29, 1.82) is 0 Å². The van der Waals surface area contributed by atoms with Gasteiger partial charge in [0.25, 0.3) is 17.4 Å². The number of methoxy groups -OCH3 is 1. The number of carbonyl (C=O) groups excluding carboxylic acids is 3. The van der Waals surface area contributed by atoms with Gasteiger partial charge in [0.05, 0.1) is 31.1 Å². The Hall–Kier alpha value is -4.25. The number of aromatic amines is 1. The van der Waals surface area contributed by atoms with Crippen LogP contribution in [0, 0.1) is 0 Å². The summed E-state index contributed by atoms with van der Waals surface area (Å²) in [7, 11) is 1.53. The Bertz CT molecular complexity index is 1340. The molecule has 0 radical (unpaired) electrons. The molecule has 1 aliphatic heterocycles. The molecule has 11 nitrogen and oxygen atoms in total. The zero-order valence-electron chi connectivity index (χ0n) is 19.6. The summed E-state index contributed by atoms with van der Waals surface area (Å²) in [5, 5.41) is 3.81. The highest BCUT2D eigenvalue weighted by Crippen LogP contribution is 2.29. The fraction of sp³-hybridized carbons (Fsp3) is 0.292. The Morgan fingerprint density at radius 2 is 1.86 bits per heavy atom. The number of aromatic nitrogens is 2. The van der Waals surface area contributed by atoms with Crippen LogP contribution in [0.15, 0.2) is 53.3 Å². The van der Waals surface area contributed by atoms with E-state index in [-0.39, 0.29) is 18.6 Å². The Balaban J connectivity index is 1.43. The van der Waals surface area contributed by atoms with E-state index < -0.39 is 23.4 Å².